The van der Waals surface area contributed by atoms with Crippen molar-refractivity contribution < 1.29 is 9.21 Å². The highest BCUT2D eigenvalue weighted by molar-refractivity contribution is 5.93. The largest absolute Gasteiger partial charge is 0.459 e. The number of carbonyl (C=O) groups excluding carboxylic acids is 1. The van der Waals surface area contributed by atoms with Gasteiger partial charge in [-0.3, -0.25) is 4.79 Å². The van der Waals surface area contributed by atoms with Crippen LogP contribution in [0.15, 0.2) is 77.4 Å². The number of nitrogens with zero attached hydrogens (tertiary/aromatic N) is 1. The van der Waals surface area contributed by atoms with Gasteiger partial charge in [-0.25, -0.2) is 0 Å². The fourth-order valence-electron chi connectivity index (χ4n) is 3.97. The Morgan fingerprint density at radius 2 is 1.59 bits per heavy atom. The molecule has 1 aliphatic heterocycles. The van der Waals surface area contributed by atoms with Gasteiger partial charge in [0.2, 0.25) is 0 Å². The number of piperidine rings is 1. The van der Waals surface area contributed by atoms with Crippen molar-refractivity contribution in [3.8, 4) is 0 Å². The first-order valence-electron chi connectivity index (χ1n) is 10.5. The van der Waals surface area contributed by atoms with Crippen LogP contribution in [0.1, 0.15) is 40.1 Å². The zero-order valence-electron chi connectivity index (χ0n) is 16.7. The summed E-state index contributed by atoms with van der Waals surface area (Å²) in [5, 5.41) is 3.18. The summed E-state index contributed by atoms with van der Waals surface area (Å²) in [5.41, 5.74) is 3.50. The van der Waals surface area contributed by atoms with E-state index in [0.29, 0.717) is 12.2 Å². The van der Waals surface area contributed by atoms with Crippen molar-refractivity contribution in [2.24, 2.45) is 0 Å². The highest BCUT2D eigenvalue weighted by Crippen LogP contribution is 2.18. The van der Waals surface area contributed by atoms with E-state index in [-0.39, 0.29) is 11.9 Å². The van der Waals surface area contributed by atoms with E-state index in [2.05, 4.69) is 52.7 Å². The maximum absolute atomic E-state index is 12.8. The Morgan fingerprint density at radius 1 is 0.931 bits per heavy atom. The summed E-state index contributed by atoms with van der Waals surface area (Å²) < 4.78 is 5.53. The lowest BCUT2D eigenvalue weighted by Gasteiger charge is -2.32. The van der Waals surface area contributed by atoms with E-state index < -0.39 is 0 Å². The predicted octanol–water partition coefficient (Wildman–Crippen LogP) is 4.31. The van der Waals surface area contributed by atoms with Crippen molar-refractivity contribution >= 4 is 5.91 Å². The SMILES string of the molecule is O=C(NC1CCN(CCc2ccccc2)CC1)c1occc1Cc1ccccc1. The Kier molecular flexibility index (Phi) is 6.42. The second-order valence-electron chi connectivity index (χ2n) is 7.76. The van der Waals surface area contributed by atoms with Gasteiger partial charge in [-0.1, -0.05) is 60.7 Å². The highest BCUT2D eigenvalue weighted by atomic mass is 16.3. The minimum atomic E-state index is -0.0938. The van der Waals surface area contributed by atoms with E-state index >= 15 is 0 Å². The molecule has 0 atom stereocenters. The smallest absolute Gasteiger partial charge is 0.287 e. The van der Waals surface area contributed by atoms with Gasteiger partial charge in [0.25, 0.3) is 5.91 Å². The molecule has 0 unspecified atom stereocenters. The topological polar surface area (TPSA) is 45.5 Å². The number of furan rings is 1. The Bertz CT molecular complexity index is 897. The van der Waals surface area contributed by atoms with E-state index in [9.17, 15) is 4.79 Å². The van der Waals surface area contributed by atoms with E-state index in [1.807, 2.05) is 24.3 Å². The molecule has 0 spiro atoms. The molecule has 1 saturated heterocycles. The third kappa shape index (κ3) is 5.36. The molecule has 4 heteroatoms. The number of hydrogen-bond donors (Lipinski definition) is 1. The maximum atomic E-state index is 12.8. The summed E-state index contributed by atoms with van der Waals surface area (Å²) in [6.45, 7) is 3.11. The number of hydrogen-bond acceptors (Lipinski definition) is 3. The Hall–Kier alpha value is -2.85. The van der Waals surface area contributed by atoms with Crippen LogP contribution in [0.5, 0.6) is 0 Å². The molecule has 0 radical (unpaired) electrons. The van der Waals surface area contributed by atoms with Crippen LogP contribution in [0.3, 0.4) is 0 Å². The first-order chi connectivity index (χ1) is 14.3. The van der Waals surface area contributed by atoms with Gasteiger partial charge in [-0.2, -0.15) is 0 Å². The number of benzene rings is 2. The van der Waals surface area contributed by atoms with Crippen LogP contribution in [-0.4, -0.2) is 36.5 Å². The lowest BCUT2D eigenvalue weighted by Crippen LogP contribution is -2.45. The van der Waals surface area contributed by atoms with Crippen LogP contribution in [0.4, 0.5) is 0 Å². The molecular weight excluding hydrogens is 360 g/mol. The van der Waals surface area contributed by atoms with Gasteiger partial charge in [0.15, 0.2) is 5.76 Å². The Labute approximate surface area is 172 Å². The average Bonchev–Trinajstić information content (AvgIpc) is 3.23. The van der Waals surface area contributed by atoms with Crippen LogP contribution in [0.2, 0.25) is 0 Å². The minimum Gasteiger partial charge on any atom is -0.459 e. The lowest BCUT2D eigenvalue weighted by atomic mass is 10.0. The number of nitrogens with one attached hydrogen (secondary N) is 1. The Balaban J connectivity index is 1.26. The molecule has 0 bridgehead atoms. The molecule has 1 amide bonds. The molecule has 4 nitrogen and oxygen atoms in total. The molecule has 2 heterocycles. The molecule has 1 aromatic heterocycles. The quantitative estimate of drug-likeness (QED) is 0.656. The monoisotopic (exact) mass is 388 g/mol. The lowest BCUT2D eigenvalue weighted by molar-refractivity contribution is 0.0882. The van der Waals surface area contributed by atoms with Crippen LogP contribution in [0, 0.1) is 0 Å². The molecule has 1 fully saturated rings. The summed E-state index contributed by atoms with van der Waals surface area (Å²) in [5.74, 6) is 0.351. The minimum absolute atomic E-state index is 0.0938. The Morgan fingerprint density at radius 3 is 2.28 bits per heavy atom. The molecule has 29 heavy (non-hydrogen) atoms. The molecule has 150 valence electrons. The van der Waals surface area contributed by atoms with Gasteiger partial charge in [0, 0.05) is 37.7 Å². The molecular formula is C25H28N2O2. The summed E-state index contributed by atoms with van der Waals surface area (Å²) in [6, 6.07) is 22.9. The zero-order chi connectivity index (χ0) is 19.9. The fraction of sp³-hybridized carbons (Fsp3) is 0.320. The van der Waals surface area contributed by atoms with Gasteiger partial charge in [-0.15, -0.1) is 0 Å². The summed E-state index contributed by atoms with van der Waals surface area (Å²) in [6.07, 6.45) is 5.36. The molecule has 3 aromatic rings. The van der Waals surface area contributed by atoms with Crippen molar-refractivity contribution in [2.75, 3.05) is 19.6 Å². The summed E-state index contributed by atoms with van der Waals surface area (Å²) in [4.78, 5) is 15.2. The molecule has 2 aromatic carbocycles. The molecule has 1 aliphatic rings. The number of carbonyl (C=O) groups is 1. The predicted molar refractivity (Wildman–Crippen MR) is 115 cm³/mol. The van der Waals surface area contributed by atoms with Crippen LogP contribution in [0.25, 0.3) is 0 Å². The van der Waals surface area contributed by atoms with Gasteiger partial charge < -0.3 is 14.6 Å². The fourth-order valence-corrected chi connectivity index (χ4v) is 3.97. The number of rotatable bonds is 7. The molecule has 0 aliphatic carbocycles. The highest BCUT2D eigenvalue weighted by Gasteiger charge is 2.23. The maximum Gasteiger partial charge on any atom is 0.287 e. The zero-order valence-corrected chi connectivity index (χ0v) is 16.7. The second kappa shape index (κ2) is 9.57. The second-order valence-corrected chi connectivity index (χ2v) is 7.76. The van der Waals surface area contributed by atoms with E-state index in [0.717, 1.165) is 44.5 Å². The third-order valence-electron chi connectivity index (χ3n) is 5.67. The summed E-state index contributed by atoms with van der Waals surface area (Å²) >= 11 is 0. The normalized spacial score (nSPS) is 15.3. The third-order valence-corrected chi connectivity index (χ3v) is 5.67. The van der Waals surface area contributed by atoms with Gasteiger partial charge in [0.1, 0.15) is 0 Å². The number of amides is 1. The first kappa shape index (κ1) is 19.5. The van der Waals surface area contributed by atoms with Gasteiger partial charge in [0.05, 0.1) is 6.26 Å². The standard InChI is InChI=1S/C25H28N2O2/c28-25(24-22(14-18-29-24)19-21-9-5-2-6-10-21)26-23-12-16-27(17-13-23)15-11-20-7-3-1-4-8-20/h1-10,14,18,23H,11-13,15-17,19H2,(H,26,28). The van der Waals surface area contributed by atoms with Crippen molar-refractivity contribution in [1.82, 2.24) is 10.2 Å². The molecule has 4 rings (SSSR count). The van der Waals surface area contributed by atoms with Crippen molar-refractivity contribution in [1.29, 1.82) is 0 Å². The van der Waals surface area contributed by atoms with Crippen LogP contribution in [-0.2, 0) is 12.8 Å². The van der Waals surface area contributed by atoms with Gasteiger partial charge >= 0.3 is 0 Å². The van der Waals surface area contributed by atoms with E-state index in [1.165, 1.54) is 11.1 Å². The van der Waals surface area contributed by atoms with Crippen LogP contribution >= 0.6 is 0 Å². The number of likely N-dealkylation sites (tertiary alicyclic amines) is 1. The average molecular weight is 389 g/mol. The van der Waals surface area contributed by atoms with Crippen molar-refractivity contribution in [3.05, 3.63) is 95.4 Å². The molecule has 0 saturated carbocycles. The van der Waals surface area contributed by atoms with Crippen LogP contribution < -0.4 is 5.32 Å². The van der Waals surface area contributed by atoms with E-state index in [4.69, 9.17) is 4.42 Å². The first-order valence-corrected chi connectivity index (χ1v) is 10.5. The van der Waals surface area contributed by atoms with E-state index in [1.54, 1.807) is 6.26 Å². The van der Waals surface area contributed by atoms with Crippen molar-refractivity contribution in [2.45, 2.75) is 31.7 Å². The van der Waals surface area contributed by atoms with Gasteiger partial charge in [-0.05, 0) is 36.5 Å². The summed E-state index contributed by atoms with van der Waals surface area (Å²) in [7, 11) is 0. The van der Waals surface area contributed by atoms with Crippen molar-refractivity contribution in [3.63, 3.8) is 0 Å². The molecule has 1 N–H and O–H groups in total.